The van der Waals surface area contributed by atoms with Crippen molar-refractivity contribution >= 4 is 46.0 Å². The number of halogens is 1. The maximum Gasteiger partial charge on any atom is 0.192 e. The lowest BCUT2D eigenvalue weighted by Crippen LogP contribution is -2.09. The molecule has 0 amide bonds. The van der Waals surface area contributed by atoms with Gasteiger partial charge in [-0.05, 0) is 47.8 Å². The summed E-state index contributed by atoms with van der Waals surface area (Å²) in [5.74, 6) is 2.97. The van der Waals surface area contributed by atoms with Crippen LogP contribution in [0.15, 0.2) is 75.1 Å². The minimum atomic E-state index is 0.287. The third-order valence-corrected chi connectivity index (χ3v) is 7.68. The Hall–Kier alpha value is -2.59. The van der Waals surface area contributed by atoms with Gasteiger partial charge in [-0.1, -0.05) is 29.4 Å². The highest BCUT2D eigenvalue weighted by molar-refractivity contribution is 7.98. The molecule has 0 saturated heterocycles. The number of furan rings is 1. The Morgan fingerprint density at radius 3 is 2.75 bits per heavy atom. The average molecular weight is 501 g/mol. The lowest BCUT2D eigenvalue weighted by atomic mass is 10.3. The van der Waals surface area contributed by atoms with E-state index in [0.717, 1.165) is 33.2 Å². The van der Waals surface area contributed by atoms with Crippen LogP contribution in [0.2, 0.25) is 5.02 Å². The molecule has 6 nitrogen and oxygen atoms in total. The van der Waals surface area contributed by atoms with E-state index in [2.05, 4.69) is 27.0 Å². The Morgan fingerprint density at radius 1 is 1.06 bits per heavy atom. The fourth-order valence-electron chi connectivity index (χ4n) is 2.95. The Bertz CT molecular complexity index is 1270. The van der Waals surface area contributed by atoms with Crippen LogP contribution in [0.4, 0.5) is 0 Å². The second kappa shape index (κ2) is 9.91. The summed E-state index contributed by atoms with van der Waals surface area (Å²) in [5, 5.41) is 15.4. The van der Waals surface area contributed by atoms with Crippen molar-refractivity contribution in [3.63, 3.8) is 0 Å². The second-order valence-electron chi connectivity index (χ2n) is 6.72. The first-order valence-electron chi connectivity index (χ1n) is 9.68. The van der Waals surface area contributed by atoms with E-state index in [1.54, 1.807) is 52.8 Å². The van der Waals surface area contributed by atoms with Crippen LogP contribution < -0.4 is 4.74 Å². The first-order chi connectivity index (χ1) is 15.7. The van der Waals surface area contributed by atoms with Gasteiger partial charge in [-0.2, -0.15) is 0 Å². The van der Waals surface area contributed by atoms with Crippen molar-refractivity contribution in [2.24, 2.45) is 0 Å². The molecule has 0 atom stereocenters. The SMILES string of the molecule is Clc1ccc(OCc2nnc(SCc3csc(-c4cccs4)n3)n2Cc2ccco2)cc1. The smallest absolute Gasteiger partial charge is 0.192 e. The van der Waals surface area contributed by atoms with Crippen molar-refractivity contribution in [2.75, 3.05) is 0 Å². The maximum atomic E-state index is 5.95. The molecule has 0 saturated carbocycles. The van der Waals surface area contributed by atoms with Gasteiger partial charge in [-0.25, -0.2) is 4.98 Å². The number of aromatic nitrogens is 4. The van der Waals surface area contributed by atoms with Crippen LogP contribution in [0.25, 0.3) is 9.88 Å². The van der Waals surface area contributed by atoms with Crippen LogP contribution in [0.5, 0.6) is 5.75 Å². The summed E-state index contributed by atoms with van der Waals surface area (Å²) in [6.07, 6.45) is 1.66. The zero-order valence-electron chi connectivity index (χ0n) is 16.7. The van der Waals surface area contributed by atoms with Gasteiger partial charge in [-0.15, -0.1) is 32.9 Å². The fraction of sp³-hybridized carbons (Fsp3) is 0.136. The second-order valence-corrected chi connectivity index (χ2v) is 9.90. The molecule has 0 fully saturated rings. The zero-order chi connectivity index (χ0) is 21.8. The number of thiophene rings is 1. The summed E-state index contributed by atoms with van der Waals surface area (Å²) in [6.45, 7) is 0.814. The summed E-state index contributed by atoms with van der Waals surface area (Å²) in [7, 11) is 0. The monoisotopic (exact) mass is 500 g/mol. The first kappa shape index (κ1) is 21.3. The molecule has 4 aromatic heterocycles. The van der Waals surface area contributed by atoms with Gasteiger partial charge in [0.1, 0.15) is 23.1 Å². The Balaban J connectivity index is 1.31. The summed E-state index contributed by atoms with van der Waals surface area (Å²) in [4.78, 5) is 5.95. The van der Waals surface area contributed by atoms with Gasteiger partial charge in [0.15, 0.2) is 11.0 Å². The summed E-state index contributed by atoms with van der Waals surface area (Å²) < 4.78 is 13.5. The highest BCUT2D eigenvalue weighted by atomic mass is 35.5. The topological polar surface area (TPSA) is 66.0 Å². The van der Waals surface area contributed by atoms with Gasteiger partial charge in [-0.3, -0.25) is 4.57 Å². The van der Waals surface area contributed by atoms with Gasteiger partial charge in [0.25, 0.3) is 0 Å². The van der Waals surface area contributed by atoms with Gasteiger partial charge in [0.2, 0.25) is 0 Å². The normalized spacial score (nSPS) is 11.2. The number of hydrogen-bond acceptors (Lipinski definition) is 8. The molecule has 0 unspecified atom stereocenters. The highest BCUT2D eigenvalue weighted by Gasteiger charge is 2.16. The Morgan fingerprint density at radius 2 is 1.97 bits per heavy atom. The third-order valence-electron chi connectivity index (χ3n) is 4.50. The van der Waals surface area contributed by atoms with E-state index in [4.69, 9.17) is 25.7 Å². The van der Waals surface area contributed by atoms with Crippen LogP contribution in [-0.2, 0) is 18.9 Å². The minimum absolute atomic E-state index is 0.287. The van der Waals surface area contributed by atoms with Gasteiger partial charge < -0.3 is 9.15 Å². The van der Waals surface area contributed by atoms with E-state index in [9.17, 15) is 0 Å². The van der Waals surface area contributed by atoms with Crippen molar-refractivity contribution in [1.29, 1.82) is 0 Å². The summed E-state index contributed by atoms with van der Waals surface area (Å²) in [6, 6.07) is 15.2. The third kappa shape index (κ3) is 5.07. The zero-order valence-corrected chi connectivity index (χ0v) is 19.9. The number of ether oxygens (including phenoxy) is 1. The molecule has 4 heterocycles. The fourth-order valence-corrected chi connectivity index (χ4v) is 5.67. The number of nitrogens with zero attached hydrogens (tertiary/aromatic N) is 4. The first-order valence-corrected chi connectivity index (χ1v) is 12.8. The van der Waals surface area contributed by atoms with Crippen LogP contribution in [0.1, 0.15) is 17.3 Å². The van der Waals surface area contributed by atoms with Crippen molar-refractivity contribution in [2.45, 2.75) is 24.1 Å². The lowest BCUT2D eigenvalue weighted by Gasteiger charge is -2.10. The van der Waals surface area contributed by atoms with Crippen LogP contribution >= 0.6 is 46.0 Å². The molecule has 0 aliphatic carbocycles. The predicted octanol–water partition coefficient (Wildman–Crippen LogP) is 6.63. The van der Waals surface area contributed by atoms with E-state index in [1.807, 2.05) is 34.9 Å². The van der Waals surface area contributed by atoms with Crippen LogP contribution in [0, 0.1) is 0 Å². The largest absolute Gasteiger partial charge is 0.486 e. The molecule has 5 rings (SSSR count). The van der Waals surface area contributed by atoms with Gasteiger partial charge >= 0.3 is 0 Å². The summed E-state index contributed by atoms with van der Waals surface area (Å²) >= 11 is 10.9. The molecule has 162 valence electrons. The molecule has 1 aromatic carbocycles. The van der Waals surface area contributed by atoms with Gasteiger partial charge in [0.05, 0.1) is 23.4 Å². The van der Waals surface area contributed by atoms with E-state index < -0.39 is 0 Å². The van der Waals surface area contributed by atoms with E-state index in [0.29, 0.717) is 17.3 Å². The summed E-state index contributed by atoms with van der Waals surface area (Å²) in [5.41, 5.74) is 1.02. The molecule has 32 heavy (non-hydrogen) atoms. The molecule has 10 heteroatoms. The van der Waals surface area contributed by atoms with E-state index in [-0.39, 0.29) is 6.61 Å². The molecule has 0 aliphatic heterocycles. The predicted molar refractivity (Wildman–Crippen MR) is 129 cm³/mol. The number of hydrogen-bond donors (Lipinski definition) is 0. The van der Waals surface area contributed by atoms with E-state index in [1.165, 1.54) is 4.88 Å². The van der Waals surface area contributed by atoms with Crippen LogP contribution in [0.3, 0.4) is 0 Å². The quantitative estimate of drug-likeness (QED) is 0.212. The molecule has 0 aliphatic rings. The Kier molecular flexibility index (Phi) is 6.59. The molecular formula is C22H17ClN4O2S3. The van der Waals surface area contributed by atoms with Gasteiger partial charge in [0, 0.05) is 16.2 Å². The highest BCUT2D eigenvalue weighted by Crippen LogP contribution is 2.30. The van der Waals surface area contributed by atoms with Crippen molar-refractivity contribution in [3.05, 3.63) is 87.9 Å². The number of thiazole rings is 1. The Labute approximate surface area is 201 Å². The molecular weight excluding hydrogens is 484 g/mol. The number of thioether (sulfide) groups is 1. The molecule has 0 bridgehead atoms. The van der Waals surface area contributed by atoms with Crippen LogP contribution in [-0.4, -0.2) is 19.7 Å². The number of benzene rings is 1. The van der Waals surface area contributed by atoms with E-state index >= 15 is 0 Å². The lowest BCUT2D eigenvalue weighted by molar-refractivity contribution is 0.287. The van der Waals surface area contributed by atoms with Crippen molar-refractivity contribution in [1.82, 2.24) is 19.7 Å². The van der Waals surface area contributed by atoms with Crippen molar-refractivity contribution < 1.29 is 9.15 Å². The van der Waals surface area contributed by atoms with Crippen molar-refractivity contribution in [3.8, 4) is 15.6 Å². The molecule has 5 aromatic rings. The molecule has 0 spiro atoms. The molecule has 0 N–H and O–H groups in total. The number of rotatable bonds is 9. The standard InChI is InChI=1S/C22H17ClN4O2S3/c23-15-5-7-17(8-6-15)29-12-20-25-26-22(27(20)11-18-3-1-9-28-18)32-14-16-13-31-21(24-16)19-4-2-10-30-19/h1-10,13H,11-12,14H2. The maximum absolute atomic E-state index is 5.95. The average Bonchev–Trinajstić information content (AvgIpc) is 3.60. The molecule has 0 radical (unpaired) electrons. The minimum Gasteiger partial charge on any atom is -0.486 e.